The van der Waals surface area contributed by atoms with Gasteiger partial charge < -0.3 is 19.0 Å². The average molecular weight is 867 g/mol. The Labute approximate surface area is 311 Å². The molecule has 0 unspecified atom stereocenters. The van der Waals surface area contributed by atoms with Crippen molar-refractivity contribution in [3.8, 4) is 5.75 Å². The molecule has 0 aliphatic heterocycles. The van der Waals surface area contributed by atoms with Crippen LogP contribution in [-0.2, 0) is 14.0 Å². The predicted molar refractivity (Wildman–Crippen MR) is 168 cm³/mol. The molecule has 324 valence electrons. The summed E-state index contributed by atoms with van der Waals surface area (Å²) in [6, 6.07) is 4.32. The number of carbonyl (C=O) groups is 1. The number of alkyl halides is 17. The smallest absolute Gasteiger partial charge is 0.460 e. The topological polar surface area (TPSA) is 65.0 Å². The van der Waals surface area contributed by atoms with Crippen LogP contribution in [0.25, 0.3) is 0 Å². The molecule has 0 aliphatic rings. The third-order valence-electron chi connectivity index (χ3n) is 8.89. The van der Waals surface area contributed by atoms with Crippen LogP contribution in [0.2, 0.25) is 17.1 Å². The lowest BCUT2D eigenvalue weighted by Crippen LogP contribution is -2.74. The summed E-state index contributed by atoms with van der Waals surface area (Å²) in [6.07, 6.45) is -7.63. The first kappa shape index (κ1) is 50.9. The molecule has 1 rings (SSSR count). The molecule has 1 aromatic carbocycles. The van der Waals surface area contributed by atoms with Gasteiger partial charge in [0.1, 0.15) is 19.0 Å². The standard InChI is InChI=1S/C33H39F17O5Si/c1-7-15-54-24(51)13-8-21(6)25(52)22-9-11-23(12-10-22)53-16-17-55-56(19(2)3,20(4)5)18-14-26(34,35)27(36,37)28(38,39)29(40,41)30(42,43)31(44,45)32(46,47)33(48,49)50/h7-13,19-21,25,52H,1,14-18H2,2-6H3/b13-8+/t21-,25-/m0/s1. The molecule has 0 fully saturated rings. The van der Waals surface area contributed by atoms with Crippen molar-refractivity contribution >= 4 is 14.3 Å². The fourth-order valence-corrected chi connectivity index (χ4v) is 9.80. The maximum atomic E-state index is 14.8. The van der Waals surface area contributed by atoms with Gasteiger partial charge in [0.15, 0.2) is 8.32 Å². The minimum atomic E-state index is -8.68. The van der Waals surface area contributed by atoms with Crippen LogP contribution >= 0.6 is 0 Å². The van der Waals surface area contributed by atoms with Crippen LogP contribution in [0.5, 0.6) is 5.75 Å². The Balaban J connectivity index is 3.19. The molecule has 0 aromatic heterocycles. The van der Waals surface area contributed by atoms with E-state index < -0.39 is 104 Å². The Bertz CT molecular complexity index is 1470. The molecule has 0 radical (unpaired) electrons. The van der Waals surface area contributed by atoms with Gasteiger partial charge in [-0.3, -0.25) is 0 Å². The number of rotatable bonds is 22. The number of aliphatic hydroxyl groups is 1. The number of ether oxygens (including phenoxy) is 2. The highest BCUT2D eigenvalue weighted by Crippen LogP contribution is 2.64. The summed E-state index contributed by atoms with van der Waals surface area (Å²) in [5, 5.41) is 10.6. The van der Waals surface area contributed by atoms with E-state index >= 15 is 0 Å². The molecule has 0 saturated heterocycles. The molecule has 5 nitrogen and oxygen atoms in total. The predicted octanol–water partition coefficient (Wildman–Crippen LogP) is 11.2. The molecule has 0 saturated carbocycles. The van der Waals surface area contributed by atoms with E-state index in [4.69, 9.17) is 13.9 Å². The van der Waals surface area contributed by atoms with Crippen molar-refractivity contribution in [3.05, 3.63) is 54.6 Å². The van der Waals surface area contributed by atoms with Crippen molar-refractivity contribution in [1.82, 2.24) is 0 Å². The second-order valence-electron chi connectivity index (χ2n) is 13.3. The Morgan fingerprint density at radius 1 is 0.714 bits per heavy atom. The van der Waals surface area contributed by atoms with Crippen molar-refractivity contribution in [2.75, 3.05) is 19.8 Å². The number of halogens is 17. The molecular weight excluding hydrogens is 827 g/mol. The van der Waals surface area contributed by atoms with E-state index in [2.05, 4.69) is 6.58 Å². The first-order valence-electron chi connectivity index (χ1n) is 16.3. The zero-order valence-electron chi connectivity index (χ0n) is 30.1. The molecule has 0 aliphatic carbocycles. The molecule has 0 amide bonds. The Morgan fingerprint density at radius 2 is 1.16 bits per heavy atom. The van der Waals surface area contributed by atoms with E-state index in [-0.39, 0.29) is 19.0 Å². The molecular formula is C33H39F17O5Si. The Hall–Kier alpha value is -3.08. The minimum absolute atomic E-state index is 0.0273. The molecule has 23 heteroatoms. The lowest BCUT2D eigenvalue weighted by molar-refractivity contribution is -0.461. The van der Waals surface area contributed by atoms with Crippen molar-refractivity contribution < 1.29 is 98.4 Å². The quantitative estimate of drug-likeness (QED) is 0.0314. The number of hydrogen-bond acceptors (Lipinski definition) is 5. The normalized spacial score (nSPS) is 15.7. The number of benzene rings is 1. The first-order chi connectivity index (χ1) is 25.1. The van der Waals surface area contributed by atoms with E-state index in [0.717, 1.165) is 6.08 Å². The lowest BCUT2D eigenvalue weighted by atomic mass is 9.88. The van der Waals surface area contributed by atoms with E-state index in [1.54, 1.807) is 6.92 Å². The number of carbonyl (C=O) groups excluding carboxylic acids is 1. The zero-order chi connectivity index (χ0) is 44.1. The molecule has 56 heavy (non-hydrogen) atoms. The highest BCUT2D eigenvalue weighted by molar-refractivity contribution is 6.76. The SMILES string of the molecule is C=CCOC(=O)/C=C/[C@H](C)[C@H](O)c1ccc(OCCO[Si](CCC(F)(F)C(F)(F)C(F)(F)C(F)(F)C(F)(F)C(F)(F)C(F)(F)C(F)(F)F)(C(C)C)C(C)C)cc1. The maximum absolute atomic E-state index is 14.8. The molecule has 1 N–H and O–H groups in total. The fraction of sp³-hybridized carbons (Fsp3) is 0.667. The summed E-state index contributed by atoms with van der Waals surface area (Å²) in [4.78, 5) is 11.6. The number of aliphatic hydroxyl groups excluding tert-OH is 1. The number of esters is 1. The zero-order valence-corrected chi connectivity index (χ0v) is 31.1. The summed E-state index contributed by atoms with van der Waals surface area (Å²) < 4.78 is 250. The Morgan fingerprint density at radius 3 is 1.59 bits per heavy atom. The van der Waals surface area contributed by atoms with Gasteiger partial charge in [-0.15, -0.1) is 0 Å². The van der Waals surface area contributed by atoms with Crippen molar-refractivity contribution in [1.29, 1.82) is 0 Å². The average Bonchev–Trinajstić information content (AvgIpc) is 3.07. The van der Waals surface area contributed by atoms with Gasteiger partial charge in [0.25, 0.3) is 0 Å². The van der Waals surface area contributed by atoms with Crippen LogP contribution in [0.4, 0.5) is 74.6 Å². The summed E-state index contributed by atoms with van der Waals surface area (Å²) in [5.41, 5.74) is -1.35. The van der Waals surface area contributed by atoms with Crippen LogP contribution in [0.3, 0.4) is 0 Å². The van der Waals surface area contributed by atoms with E-state index in [0.29, 0.717) is 5.56 Å². The maximum Gasteiger partial charge on any atom is 0.460 e. The molecule has 0 spiro atoms. The second kappa shape index (κ2) is 17.8. The van der Waals surface area contributed by atoms with Crippen molar-refractivity contribution in [2.24, 2.45) is 5.92 Å². The van der Waals surface area contributed by atoms with Gasteiger partial charge in [0.05, 0.1) is 12.7 Å². The van der Waals surface area contributed by atoms with Crippen LogP contribution in [-0.4, -0.2) is 86.8 Å². The first-order valence-corrected chi connectivity index (χ1v) is 18.6. The highest BCUT2D eigenvalue weighted by atomic mass is 28.4. The monoisotopic (exact) mass is 866 g/mol. The summed E-state index contributed by atoms with van der Waals surface area (Å²) in [7, 11) is -3.95. The highest BCUT2D eigenvalue weighted by Gasteiger charge is 2.95. The van der Waals surface area contributed by atoms with E-state index in [1.807, 2.05) is 0 Å². The van der Waals surface area contributed by atoms with Crippen LogP contribution in [0.1, 0.15) is 52.7 Å². The van der Waals surface area contributed by atoms with Crippen molar-refractivity contribution in [3.63, 3.8) is 0 Å². The molecule has 0 heterocycles. The van der Waals surface area contributed by atoms with Crippen LogP contribution in [0.15, 0.2) is 49.1 Å². The Kier molecular flexibility index (Phi) is 16.2. The van der Waals surface area contributed by atoms with E-state index in [1.165, 1.54) is 64.1 Å². The lowest BCUT2D eigenvalue weighted by Gasteiger charge is -2.44. The summed E-state index contributed by atoms with van der Waals surface area (Å²) in [6.45, 7) is 9.35. The third-order valence-corrected chi connectivity index (χ3v) is 14.6. The van der Waals surface area contributed by atoms with Crippen LogP contribution < -0.4 is 4.74 Å². The summed E-state index contributed by atoms with van der Waals surface area (Å²) >= 11 is 0. The van der Waals surface area contributed by atoms with Gasteiger partial charge in [-0.1, -0.05) is 65.5 Å². The molecule has 2 atom stereocenters. The van der Waals surface area contributed by atoms with Crippen LogP contribution in [0, 0.1) is 5.92 Å². The van der Waals surface area contributed by atoms with E-state index in [9.17, 15) is 84.5 Å². The number of hydrogen-bond donors (Lipinski definition) is 1. The van der Waals surface area contributed by atoms with Crippen molar-refractivity contribution in [2.45, 2.75) is 112 Å². The third kappa shape index (κ3) is 9.78. The molecule has 0 bridgehead atoms. The van der Waals surface area contributed by atoms with Gasteiger partial charge in [-0.05, 0) is 34.8 Å². The van der Waals surface area contributed by atoms with Gasteiger partial charge in [0.2, 0.25) is 0 Å². The van der Waals surface area contributed by atoms with Gasteiger partial charge >= 0.3 is 53.6 Å². The second-order valence-corrected chi connectivity index (χ2v) is 18.3. The van der Waals surface area contributed by atoms with Gasteiger partial charge in [-0.25, -0.2) is 4.79 Å². The van der Waals surface area contributed by atoms with Gasteiger partial charge in [-0.2, -0.15) is 74.6 Å². The minimum Gasteiger partial charge on any atom is -0.491 e. The summed E-state index contributed by atoms with van der Waals surface area (Å²) in [5.74, 6) is -57.8. The fourth-order valence-electron chi connectivity index (χ4n) is 5.34. The molecule has 1 aromatic rings. The largest absolute Gasteiger partial charge is 0.491 e. The van der Waals surface area contributed by atoms with Gasteiger partial charge in [0, 0.05) is 18.4 Å².